The molecule has 0 atom stereocenters. The summed E-state index contributed by atoms with van der Waals surface area (Å²) in [5.41, 5.74) is 0. The van der Waals surface area contributed by atoms with Crippen LogP contribution in [0.25, 0.3) is 5.32 Å². The molecule has 4 nitrogen and oxygen atoms in total. The van der Waals surface area contributed by atoms with E-state index in [0.29, 0.717) is 0 Å². The van der Waals surface area contributed by atoms with E-state index in [0.717, 1.165) is 26.2 Å². The quantitative estimate of drug-likeness (QED) is 0.434. The predicted molar refractivity (Wildman–Crippen MR) is 79.4 cm³/mol. The second kappa shape index (κ2) is 19.2. The number of halogens is 2. The fourth-order valence-electron chi connectivity index (χ4n) is 2.31. The van der Waals surface area contributed by atoms with E-state index in [9.17, 15) is 0 Å². The van der Waals surface area contributed by atoms with Crippen molar-refractivity contribution < 1.29 is 46.5 Å². The van der Waals surface area contributed by atoms with Crippen molar-refractivity contribution in [3.8, 4) is 0 Å². The Labute approximate surface area is 158 Å². The van der Waals surface area contributed by atoms with Gasteiger partial charge in [0.05, 0.1) is 0 Å². The van der Waals surface area contributed by atoms with Crippen LogP contribution in [0.3, 0.4) is 0 Å². The largest absolute Gasteiger partial charge is 3.00 e. The maximum atomic E-state index is 4.57. The summed E-state index contributed by atoms with van der Waals surface area (Å²) in [6.07, 6.45) is 4.92. The Hall–Kier alpha value is 1.13. The topological polar surface area (TPSA) is 32.6 Å². The molecule has 1 aliphatic heterocycles. The van der Waals surface area contributed by atoms with Crippen LogP contribution in [0.5, 0.6) is 0 Å². The molecule has 1 fully saturated rings. The van der Waals surface area contributed by atoms with Gasteiger partial charge < -0.3 is 45.2 Å². The van der Waals surface area contributed by atoms with E-state index < -0.39 is 0 Å². The van der Waals surface area contributed by atoms with Crippen LogP contribution in [0.1, 0.15) is 25.7 Å². The fraction of sp³-hybridized carbons (Fsp3) is 1.00. The van der Waals surface area contributed by atoms with Gasteiger partial charge in [-0.2, -0.15) is 0 Å². The van der Waals surface area contributed by atoms with Crippen LogP contribution in [-0.2, 0) is 21.7 Å². The van der Waals surface area contributed by atoms with E-state index in [4.69, 9.17) is 0 Å². The second-order valence-corrected chi connectivity index (χ2v) is 5.44. The summed E-state index contributed by atoms with van der Waals surface area (Å²) in [6.45, 7) is 9.14. The van der Waals surface area contributed by atoms with Gasteiger partial charge >= 0.3 is 21.7 Å². The first kappa shape index (κ1) is 27.0. The molecule has 0 aromatic heterocycles. The Balaban J connectivity index is -0.00000108. The Kier molecular flexibility index (Phi) is 24.7. The summed E-state index contributed by atoms with van der Waals surface area (Å²) in [5.74, 6) is 0. The van der Waals surface area contributed by atoms with Crippen molar-refractivity contribution in [3.05, 3.63) is 5.32 Å². The molecule has 0 amide bonds. The van der Waals surface area contributed by atoms with E-state index in [1.807, 2.05) is 0 Å². The Bertz CT molecular complexity index is 184. The van der Waals surface area contributed by atoms with E-state index in [-0.39, 0.29) is 46.5 Å². The summed E-state index contributed by atoms with van der Waals surface area (Å²) < 4.78 is 0. The van der Waals surface area contributed by atoms with Crippen molar-refractivity contribution in [2.24, 2.45) is 0 Å². The fourth-order valence-corrected chi connectivity index (χ4v) is 2.31. The molecular weight excluding hydrogens is 343 g/mol. The Morgan fingerprint density at radius 2 is 1.19 bits per heavy atom. The van der Waals surface area contributed by atoms with Crippen molar-refractivity contribution in [2.75, 3.05) is 66.5 Å². The first-order valence-corrected chi connectivity index (χ1v) is 7.50. The molecule has 0 spiro atoms. The molecule has 0 unspecified atom stereocenters. The van der Waals surface area contributed by atoms with Crippen molar-refractivity contribution in [2.45, 2.75) is 25.7 Å². The molecule has 1 saturated heterocycles. The average molecular weight is 374 g/mol. The Morgan fingerprint density at radius 1 is 0.714 bits per heavy atom. The minimum absolute atomic E-state index is 0. The van der Waals surface area contributed by atoms with E-state index in [1.165, 1.54) is 51.9 Å². The summed E-state index contributed by atoms with van der Waals surface area (Å²) >= 11 is 0. The van der Waals surface area contributed by atoms with E-state index in [2.05, 4.69) is 34.5 Å². The molecule has 0 aromatic carbocycles. The molecule has 0 aliphatic carbocycles. The zero-order chi connectivity index (χ0) is 13.1. The molecule has 1 radical (unpaired) electrons. The Morgan fingerprint density at radius 3 is 1.86 bits per heavy atom. The van der Waals surface area contributed by atoms with Crippen molar-refractivity contribution in [1.29, 1.82) is 0 Å². The smallest absolute Gasteiger partial charge is 1.00 e. The van der Waals surface area contributed by atoms with Gasteiger partial charge in [0, 0.05) is 0 Å². The normalized spacial score (nSPS) is 21.4. The van der Waals surface area contributed by atoms with Gasteiger partial charge in [-0.3, -0.25) is 0 Å². The van der Waals surface area contributed by atoms with Crippen LogP contribution in [0.2, 0.25) is 0 Å². The number of nitrogens with one attached hydrogen (secondary N) is 1. The first-order chi connectivity index (χ1) is 8.79. The van der Waals surface area contributed by atoms with Crippen molar-refractivity contribution in [1.82, 2.24) is 15.1 Å². The third-order valence-electron chi connectivity index (χ3n) is 3.50. The van der Waals surface area contributed by atoms with Crippen LogP contribution in [0.4, 0.5) is 0 Å². The third-order valence-corrected chi connectivity index (χ3v) is 3.50. The third kappa shape index (κ3) is 17.3. The van der Waals surface area contributed by atoms with Crippen molar-refractivity contribution >= 4 is 0 Å². The van der Waals surface area contributed by atoms with Gasteiger partial charge in [-0.25, -0.2) is 0 Å². The molecule has 125 valence electrons. The van der Waals surface area contributed by atoms with Gasteiger partial charge in [-0.15, -0.1) is 13.1 Å². The van der Waals surface area contributed by atoms with Crippen LogP contribution < -0.4 is 30.1 Å². The SMILES string of the molecule is CN1CCC[N-]CCCNCCCN(C)CCC1.[Cl-].[Cl-].[Ti+3]. The minimum atomic E-state index is 0. The van der Waals surface area contributed by atoms with Crippen LogP contribution in [0, 0.1) is 0 Å². The van der Waals surface area contributed by atoms with Gasteiger partial charge in [0.2, 0.25) is 0 Å². The summed E-state index contributed by atoms with van der Waals surface area (Å²) in [4.78, 5) is 4.90. The van der Waals surface area contributed by atoms with Crippen molar-refractivity contribution in [3.63, 3.8) is 0 Å². The molecule has 7 heteroatoms. The summed E-state index contributed by atoms with van der Waals surface area (Å²) in [6, 6.07) is 0. The van der Waals surface area contributed by atoms with Crippen LogP contribution >= 0.6 is 0 Å². The maximum Gasteiger partial charge on any atom is 3.00 e. The second-order valence-electron chi connectivity index (χ2n) is 5.44. The standard InChI is InChI=1S/C14H31N4.2ClH.Ti/c1-17-11-4-9-15-7-3-8-16-10-5-12-18(2)14-6-13-17;;;/h15H,3-14H2,1-2H3;2*1H;/q-1;;;+3/p-2. The first-order valence-electron chi connectivity index (χ1n) is 7.50. The maximum absolute atomic E-state index is 4.57. The number of rotatable bonds is 0. The molecule has 0 aromatic rings. The van der Waals surface area contributed by atoms with Crippen LogP contribution in [-0.4, -0.2) is 76.3 Å². The molecule has 1 heterocycles. The van der Waals surface area contributed by atoms with E-state index in [1.54, 1.807) is 0 Å². The predicted octanol–water partition coefficient (Wildman–Crippen LogP) is -4.61. The number of hydrogen-bond acceptors (Lipinski definition) is 3. The van der Waals surface area contributed by atoms with Gasteiger partial charge in [0.1, 0.15) is 0 Å². The van der Waals surface area contributed by atoms with Gasteiger partial charge in [-0.05, 0) is 66.2 Å². The minimum Gasteiger partial charge on any atom is -1.00 e. The molecular formula is C14H31Cl2N4Ti. The monoisotopic (exact) mass is 373 g/mol. The zero-order valence-electron chi connectivity index (χ0n) is 13.6. The molecule has 1 rings (SSSR count). The summed E-state index contributed by atoms with van der Waals surface area (Å²) in [5, 5.41) is 8.07. The van der Waals surface area contributed by atoms with Gasteiger partial charge in [0.25, 0.3) is 0 Å². The number of nitrogens with zero attached hydrogens (tertiary/aromatic N) is 3. The molecule has 1 N–H and O–H groups in total. The molecule has 0 bridgehead atoms. The number of hydrogen-bond donors (Lipinski definition) is 1. The van der Waals surface area contributed by atoms with Gasteiger partial charge in [-0.1, -0.05) is 12.8 Å². The zero-order valence-corrected chi connectivity index (χ0v) is 16.7. The molecule has 21 heavy (non-hydrogen) atoms. The summed E-state index contributed by atoms with van der Waals surface area (Å²) in [7, 11) is 4.47. The average Bonchev–Trinajstić information content (AvgIpc) is 2.34. The molecule has 1 aliphatic rings. The van der Waals surface area contributed by atoms with Crippen LogP contribution in [0.15, 0.2) is 0 Å². The van der Waals surface area contributed by atoms with Gasteiger partial charge in [0.15, 0.2) is 0 Å². The van der Waals surface area contributed by atoms with E-state index >= 15 is 0 Å². The molecule has 0 saturated carbocycles.